The van der Waals surface area contributed by atoms with E-state index >= 15 is 0 Å². The fourth-order valence-corrected chi connectivity index (χ4v) is 3.54. The highest BCUT2D eigenvalue weighted by atomic mass is 16.5. The van der Waals surface area contributed by atoms with Gasteiger partial charge < -0.3 is 14.2 Å². The molecule has 0 aromatic carbocycles. The van der Waals surface area contributed by atoms with Gasteiger partial charge in [0.25, 0.3) is 5.91 Å². The van der Waals surface area contributed by atoms with Crippen LogP contribution in [0.5, 0.6) is 0 Å². The van der Waals surface area contributed by atoms with Gasteiger partial charge >= 0.3 is 0 Å². The molecule has 6 heteroatoms. The SMILES string of the molecule is Cc1noc(C)c1CN1CCOC2(CCCCN(C)C2=O)C1. The normalized spacial score (nSPS) is 27.4. The Balaban J connectivity index is 1.77. The van der Waals surface area contributed by atoms with Crippen molar-refractivity contribution >= 4 is 5.91 Å². The summed E-state index contributed by atoms with van der Waals surface area (Å²) in [5.41, 5.74) is 1.40. The molecule has 1 amide bonds. The van der Waals surface area contributed by atoms with E-state index in [2.05, 4.69) is 10.1 Å². The molecule has 0 bridgehead atoms. The number of hydrogen-bond acceptors (Lipinski definition) is 5. The highest BCUT2D eigenvalue weighted by molar-refractivity contribution is 5.85. The van der Waals surface area contributed by atoms with E-state index < -0.39 is 5.60 Å². The molecule has 1 aromatic heterocycles. The molecule has 6 nitrogen and oxygen atoms in total. The van der Waals surface area contributed by atoms with Crippen LogP contribution >= 0.6 is 0 Å². The predicted octanol–water partition coefficient (Wildman–Crippen LogP) is 1.50. The summed E-state index contributed by atoms with van der Waals surface area (Å²) >= 11 is 0. The molecule has 3 rings (SSSR count). The lowest BCUT2D eigenvalue weighted by atomic mass is 9.94. The number of rotatable bonds is 2. The van der Waals surface area contributed by atoms with Gasteiger partial charge in [-0.1, -0.05) is 5.16 Å². The zero-order valence-corrected chi connectivity index (χ0v) is 13.7. The molecule has 122 valence electrons. The third kappa shape index (κ3) is 2.77. The average molecular weight is 307 g/mol. The molecule has 0 saturated carbocycles. The van der Waals surface area contributed by atoms with Gasteiger partial charge in [-0.15, -0.1) is 0 Å². The van der Waals surface area contributed by atoms with Gasteiger partial charge in [0.15, 0.2) is 5.60 Å². The number of aryl methyl sites for hydroxylation is 2. The molecule has 2 saturated heterocycles. The van der Waals surface area contributed by atoms with Crippen LogP contribution in [0, 0.1) is 13.8 Å². The summed E-state index contributed by atoms with van der Waals surface area (Å²) in [6.45, 7) is 7.59. The first-order valence-corrected chi connectivity index (χ1v) is 8.05. The highest BCUT2D eigenvalue weighted by Crippen LogP contribution is 2.30. The fourth-order valence-electron chi connectivity index (χ4n) is 3.54. The molecular weight excluding hydrogens is 282 g/mol. The summed E-state index contributed by atoms with van der Waals surface area (Å²) in [6, 6.07) is 0. The first-order valence-electron chi connectivity index (χ1n) is 8.05. The maximum Gasteiger partial charge on any atom is 0.255 e. The van der Waals surface area contributed by atoms with E-state index in [9.17, 15) is 4.79 Å². The maximum absolute atomic E-state index is 12.7. The number of amides is 1. The molecule has 2 aliphatic rings. The molecular formula is C16H25N3O3. The van der Waals surface area contributed by atoms with Crippen LogP contribution in [0.15, 0.2) is 4.52 Å². The van der Waals surface area contributed by atoms with Gasteiger partial charge in [-0.3, -0.25) is 9.69 Å². The van der Waals surface area contributed by atoms with Gasteiger partial charge in [0.1, 0.15) is 5.76 Å². The summed E-state index contributed by atoms with van der Waals surface area (Å²) in [5, 5.41) is 4.02. The Morgan fingerprint density at radius 2 is 2.09 bits per heavy atom. The fraction of sp³-hybridized carbons (Fsp3) is 0.750. The van der Waals surface area contributed by atoms with E-state index in [0.717, 1.165) is 55.9 Å². The van der Waals surface area contributed by atoms with Gasteiger partial charge in [-0.2, -0.15) is 0 Å². The Morgan fingerprint density at radius 3 is 2.82 bits per heavy atom. The van der Waals surface area contributed by atoms with Crippen LogP contribution in [0.25, 0.3) is 0 Å². The lowest BCUT2D eigenvalue weighted by molar-refractivity contribution is -0.169. The molecule has 3 heterocycles. The van der Waals surface area contributed by atoms with E-state index in [-0.39, 0.29) is 5.91 Å². The number of morpholine rings is 1. The van der Waals surface area contributed by atoms with Crippen LogP contribution < -0.4 is 0 Å². The van der Waals surface area contributed by atoms with Crippen LogP contribution in [0.2, 0.25) is 0 Å². The van der Waals surface area contributed by atoms with Crippen LogP contribution in [-0.2, 0) is 16.1 Å². The number of carbonyl (C=O) groups excluding carboxylic acids is 1. The molecule has 22 heavy (non-hydrogen) atoms. The quantitative estimate of drug-likeness (QED) is 0.829. The van der Waals surface area contributed by atoms with Crippen molar-refractivity contribution in [2.75, 3.05) is 33.3 Å². The molecule has 1 spiro atoms. The van der Waals surface area contributed by atoms with Crippen LogP contribution in [0.4, 0.5) is 0 Å². The van der Waals surface area contributed by atoms with Crippen molar-refractivity contribution in [2.45, 2.75) is 45.3 Å². The minimum atomic E-state index is -0.664. The number of hydrogen-bond donors (Lipinski definition) is 0. The third-order valence-corrected chi connectivity index (χ3v) is 4.89. The zero-order valence-electron chi connectivity index (χ0n) is 13.7. The molecule has 0 aliphatic carbocycles. The molecule has 0 N–H and O–H groups in total. The van der Waals surface area contributed by atoms with Crippen molar-refractivity contribution in [2.24, 2.45) is 0 Å². The lowest BCUT2D eigenvalue weighted by Crippen LogP contribution is -2.59. The van der Waals surface area contributed by atoms with E-state index in [1.807, 2.05) is 25.8 Å². The minimum Gasteiger partial charge on any atom is -0.362 e. The highest BCUT2D eigenvalue weighted by Gasteiger charge is 2.46. The molecule has 1 unspecified atom stereocenters. The Labute approximate surface area is 131 Å². The molecule has 1 aromatic rings. The van der Waals surface area contributed by atoms with Crippen molar-refractivity contribution in [3.63, 3.8) is 0 Å². The standard InChI is InChI=1S/C16H25N3O3/c1-12-14(13(2)22-17-12)10-19-8-9-21-16(11-19)6-4-5-7-18(3)15(16)20/h4-11H2,1-3H3. The summed E-state index contributed by atoms with van der Waals surface area (Å²) in [7, 11) is 1.88. The van der Waals surface area contributed by atoms with Crippen LogP contribution in [0.3, 0.4) is 0 Å². The summed E-state index contributed by atoms with van der Waals surface area (Å²) < 4.78 is 11.3. The van der Waals surface area contributed by atoms with Crippen LogP contribution in [0.1, 0.15) is 36.3 Å². The number of likely N-dealkylation sites (N-methyl/N-ethyl adjacent to an activating group) is 1. The number of nitrogens with zero attached hydrogens (tertiary/aromatic N) is 3. The predicted molar refractivity (Wildman–Crippen MR) is 81.4 cm³/mol. The van der Waals surface area contributed by atoms with Gasteiger partial charge in [-0.25, -0.2) is 0 Å². The first kappa shape index (κ1) is 15.5. The second-order valence-corrected chi connectivity index (χ2v) is 6.54. The van der Waals surface area contributed by atoms with Crippen molar-refractivity contribution in [1.82, 2.24) is 15.0 Å². The molecule has 1 atom stereocenters. The van der Waals surface area contributed by atoms with Crippen LogP contribution in [-0.4, -0.2) is 59.8 Å². The second-order valence-electron chi connectivity index (χ2n) is 6.54. The topological polar surface area (TPSA) is 58.8 Å². The van der Waals surface area contributed by atoms with Gasteiger partial charge in [0, 0.05) is 38.8 Å². The maximum atomic E-state index is 12.7. The van der Waals surface area contributed by atoms with E-state index in [4.69, 9.17) is 9.26 Å². The first-order chi connectivity index (χ1) is 10.5. The molecule has 2 fully saturated rings. The zero-order chi connectivity index (χ0) is 15.7. The Morgan fingerprint density at radius 1 is 1.27 bits per heavy atom. The van der Waals surface area contributed by atoms with Gasteiger partial charge in [0.2, 0.25) is 0 Å². The number of aromatic nitrogens is 1. The van der Waals surface area contributed by atoms with E-state index in [1.165, 1.54) is 0 Å². The second kappa shape index (κ2) is 6.01. The van der Waals surface area contributed by atoms with Gasteiger partial charge in [0.05, 0.1) is 12.3 Å². The largest absolute Gasteiger partial charge is 0.362 e. The average Bonchev–Trinajstić information content (AvgIpc) is 2.76. The molecule has 2 aliphatic heterocycles. The smallest absolute Gasteiger partial charge is 0.255 e. The van der Waals surface area contributed by atoms with E-state index in [0.29, 0.717) is 13.2 Å². The Bertz CT molecular complexity index is 537. The van der Waals surface area contributed by atoms with Crippen molar-refractivity contribution in [1.29, 1.82) is 0 Å². The van der Waals surface area contributed by atoms with Gasteiger partial charge in [-0.05, 0) is 33.1 Å². The van der Waals surface area contributed by atoms with Crippen molar-refractivity contribution < 1.29 is 14.1 Å². The lowest BCUT2D eigenvalue weighted by Gasteiger charge is -2.42. The summed E-state index contributed by atoms with van der Waals surface area (Å²) in [4.78, 5) is 16.9. The van der Waals surface area contributed by atoms with Crippen molar-refractivity contribution in [3.05, 3.63) is 17.0 Å². The summed E-state index contributed by atoms with van der Waals surface area (Å²) in [6.07, 6.45) is 2.90. The number of likely N-dealkylation sites (tertiary alicyclic amines) is 1. The number of carbonyl (C=O) groups is 1. The molecule has 0 radical (unpaired) electrons. The number of ether oxygens (including phenoxy) is 1. The minimum absolute atomic E-state index is 0.133. The Kier molecular flexibility index (Phi) is 4.23. The summed E-state index contributed by atoms with van der Waals surface area (Å²) in [5.74, 6) is 0.996. The third-order valence-electron chi connectivity index (χ3n) is 4.89. The monoisotopic (exact) mass is 307 g/mol. The Hall–Kier alpha value is -1.40. The van der Waals surface area contributed by atoms with E-state index in [1.54, 1.807) is 0 Å². The van der Waals surface area contributed by atoms with Crippen molar-refractivity contribution in [3.8, 4) is 0 Å².